The second-order valence-corrected chi connectivity index (χ2v) is 16.3. The molecule has 4 heteroatoms. The lowest BCUT2D eigenvalue weighted by Gasteiger charge is -2.14. The maximum atomic E-state index is 5.29. The van der Waals surface area contributed by atoms with Crippen LogP contribution >= 0.6 is 22.7 Å². The fourth-order valence-electron chi connectivity index (χ4n) is 7.97. The first-order valence-electron chi connectivity index (χ1n) is 18.8. The molecule has 56 heavy (non-hydrogen) atoms. The molecule has 0 amide bonds. The normalized spacial score (nSPS) is 11.6. The number of rotatable bonds is 6. The first-order valence-corrected chi connectivity index (χ1v) is 20.4. The molecule has 262 valence electrons. The van der Waals surface area contributed by atoms with Gasteiger partial charge in [-0.2, -0.15) is 0 Å². The number of fused-ring (bicyclic) bond motifs is 6. The summed E-state index contributed by atoms with van der Waals surface area (Å²) in [7, 11) is 0. The van der Waals surface area contributed by atoms with E-state index in [9.17, 15) is 0 Å². The van der Waals surface area contributed by atoms with Crippen LogP contribution in [0.1, 0.15) is 0 Å². The summed E-state index contributed by atoms with van der Waals surface area (Å²) in [5.41, 5.74) is 11.9. The van der Waals surface area contributed by atoms with E-state index in [1.54, 1.807) is 0 Å². The van der Waals surface area contributed by atoms with Gasteiger partial charge in [0.25, 0.3) is 0 Å². The number of benzene rings is 8. The van der Waals surface area contributed by atoms with Crippen molar-refractivity contribution >= 4 is 63.0 Å². The zero-order valence-electron chi connectivity index (χ0n) is 30.2. The van der Waals surface area contributed by atoms with Crippen LogP contribution in [-0.4, -0.2) is 9.97 Å². The Balaban J connectivity index is 1.10. The van der Waals surface area contributed by atoms with Gasteiger partial charge in [-0.15, -0.1) is 22.7 Å². The van der Waals surface area contributed by atoms with E-state index in [4.69, 9.17) is 9.97 Å². The van der Waals surface area contributed by atoms with Crippen LogP contribution in [0.5, 0.6) is 0 Å². The minimum atomic E-state index is 0.701. The van der Waals surface area contributed by atoms with E-state index in [0.717, 1.165) is 44.8 Å². The Morgan fingerprint density at radius 1 is 0.286 bits per heavy atom. The van der Waals surface area contributed by atoms with Crippen molar-refractivity contribution in [3.05, 3.63) is 194 Å². The van der Waals surface area contributed by atoms with Gasteiger partial charge in [0.1, 0.15) is 0 Å². The van der Waals surface area contributed by atoms with Crippen LogP contribution in [0.25, 0.3) is 108 Å². The molecule has 0 aliphatic carbocycles. The minimum absolute atomic E-state index is 0.701. The Morgan fingerprint density at radius 3 is 1.62 bits per heavy atom. The molecule has 11 rings (SSSR count). The Bertz CT molecular complexity index is 3250. The van der Waals surface area contributed by atoms with Crippen molar-refractivity contribution in [2.45, 2.75) is 0 Å². The molecule has 0 aliphatic heterocycles. The highest BCUT2D eigenvalue weighted by atomic mass is 32.1. The van der Waals surface area contributed by atoms with Gasteiger partial charge in [0.2, 0.25) is 0 Å². The van der Waals surface area contributed by atoms with E-state index in [1.807, 2.05) is 28.7 Å². The molecule has 0 saturated carbocycles. The average molecular weight is 749 g/mol. The molecule has 0 aliphatic rings. The molecule has 0 spiro atoms. The summed E-state index contributed by atoms with van der Waals surface area (Å²) in [6.45, 7) is 0. The number of thiophene rings is 2. The third-order valence-electron chi connectivity index (χ3n) is 10.7. The van der Waals surface area contributed by atoms with E-state index in [1.165, 1.54) is 57.0 Å². The lowest BCUT2D eigenvalue weighted by atomic mass is 9.93. The fourth-order valence-corrected chi connectivity index (χ4v) is 10.2. The van der Waals surface area contributed by atoms with Crippen molar-refractivity contribution in [2.24, 2.45) is 0 Å². The smallest absolute Gasteiger partial charge is 0.160 e. The van der Waals surface area contributed by atoms with Crippen LogP contribution in [0.2, 0.25) is 0 Å². The number of nitrogens with zero attached hydrogens (tertiary/aromatic N) is 2. The fraction of sp³-hybridized carbons (Fsp3) is 0. The maximum absolute atomic E-state index is 5.29. The molecule has 0 bridgehead atoms. The molecule has 0 saturated heterocycles. The van der Waals surface area contributed by atoms with Crippen molar-refractivity contribution in [3.63, 3.8) is 0 Å². The summed E-state index contributed by atoms with van der Waals surface area (Å²) in [4.78, 5) is 10.5. The first kappa shape index (κ1) is 32.7. The van der Waals surface area contributed by atoms with Crippen molar-refractivity contribution < 1.29 is 0 Å². The van der Waals surface area contributed by atoms with Crippen molar-refractivity contribution in [1.82, 2.24) is 9.97 Å². The largest absolute Gasteiger partial charge is 0.228 e. The zero-order valence-corrected chi connectivity index (χ0v) is 31.8. The van der Waals surface area contributed by atoms with Gasteiger partial charge in [-0.3, -0.25) is 0 Å². The predicted molar refractivity (Wildman–Crippen MR) is 240 cm³/mol. The molecule has 0 unspecified atom stereocenters. The molecule has 3 heterocycles. The summed E-state index contributed by atoms with van der Waals surface area (Å²) >= 11 is 3.70. The third-order valence-corrected chi connectivity index (χ3v) is 13.0. The van der Waals surface area contributed by atoms with Crippen molar-refractivity contribution in [1.29, 1.82) is 0 Å². The lowest BCUT2D eigenvalue weighted by molar-refractivity contribution is 1.18. The van der Waals surface area contributed by atoms with Gasteiger partial charge in [0, 0.05) is 57.0 Å². The molecular weight excluding hydrogens is 717 g/mol. The highest BCUT2D eigenvalue weighted by Crippen LogP contribution is 2.42. The quantitative estimate of drug-likeness (QED) is 0.169. The molecule has 0 radical (unpaired) electrons. The molecule has 3 aromatic heterocycles. The summed E-state index contributed by atoms with van der Waals surface area (Å²) in [6.07, 6.45) is 0. The second-order valence-electron chi connectivity index (χ2n) is 14.2. The van der Waals surface area contributed by atoms with Gasteiger partial charge in [-0.05, 0) is 94.0 Å². The van der Waals surface area contributed by atoms with Crippen LogP contribution in [-0.2, 0) is 0 Å². The topological polar surface area (TPSA) is 25.8 Å². The van der Waals surface area contributed by atoms with Gasteiger partial charge in [-0.25, -0.2) is 9.97 Å². The monoisotopic (exact) mass is 748 g/mol. The van der Waals surface area contributed by atoms with Gasteiger partial charge >= 0.3 is 0 Å². The second kappa shape index (κ2) is 13.5. The summed E-state index contributed by atoms with van der Waals surface area (Å²) in [5, 5.41) is 5.19. The highest BCUT2D eigenvalue weighted by molar-refractivity contribution is 7.26. The number of hydrogen-bond acceptors (Lipinski definition) is 4. The minimum Gasteiger partial charge on any atom is -0.228 e. The van der Waals surface area contributed by atoms with Gasteiger partial charge in [0.05, 0.1) is 11.4 Å². The lowest BCUT2D eigenvalue weighted by Crippen LogP contribution is -1.97. The Labute approximate surface area is 332 Å². The molecule has 2 nitrogen and oxygen atoms in total. The highest BCUT2D eigenvalue weighted by Gasteiger charge is 2.16. The summed E-state index contributed by atoms with van der Waals surface area (Å²) in [6, 6.07) is 69.8. The molecular formula is C52H32N2S2. The average Bonchev–Trinajstić information content (AvgIpc) is 3.85. The van der Waals surface area contributed by atoms with Crippen molar-refractivity contribution in [3.8, 4) is 67.3 Å². The SMILES string of the molecule is c1ccc(-c2cc(-c3ccc4sc5ccccc5c4c3)cc(-c3cc(-c4cccc(-c5cccc6sc7ccccc7c56)c4)nc(-c4ccccc4)n3)c2)cc1. The van der Waals surface area contributed by atoms with Gasteiger partial charge < -0.3 is 0 Å². The standard InChI is InChI=1S/C52H32N2S2/c1-3-13-33(14-4-1)38-28-39(35-25-26-49-44(31-35)42-19-7-9-22-47(42)55-49)30-40(29-38)46-32-45(53-52(54-46)34-15-5-2-6-16-34)37-18-11-17-36(27-37)41-21-12-24-50-51(41)43-20-8-10-23-48(43)56-50/h1-32H. The molecule has 8 aromatic carbocycles. The molecule has 11 aromatic rings. The predicted octanol–water partition coefficient (Wildman–Crippen LogP) is 15.2. The van der Waals surface area contributed by atoms with Crippen LogP contribution < -0.4 is 0 Å². The van der Waals surface area contributed by atoms with Crippen molar-refractivity contribution in [2.75, 3.05) is 0 Å². The van der Waals surface area contributed by atoms with E-state index >= 15 is 0 Å². The molecule has 0 atom stereocenters. The van der Waals surface area contributed by atoms with Crippen LogP contribution in [0.15, 0.2) is 194 Å². The van der Waals surface area contributed by atoms with E-state index in [-0.39, 0.29) is 0 Å². The third kappa shape index (κ3) is 5.79. The number of aromatic nitrogens is 2. The van der Waals surface area contributed by atoms with E-state index in [0.29, 0.717) is 5.82 Å². The maximum Gasteiger partial charge on any atom is 0.160 e. The van der Waals surface area contributed by atoms with Gasteiger partial charge in [-0.1, -0.05) is 133 Å². The number of hydrogen-bond donors (Lipinski definition) is 0. The van der Waals surface area contributed by atoms with Crippen LogP contribution in [0, 0.1) is 0 Å². The van der Waals surface area contributed by atoms with E-state index < -0.39 is 0 Å². The van der Waals surface area contributed by atoms with Crippen LogP contribution in [0.3, 0.4) is 0 Å². The summed E-state index contributed by atoms with van der Waals surface area (Å²) < 4.78 is 5.21. The Morgan fingerprint density at radius 2 is 0.821 bits per heavy atom. The molecule has 0 N–H and O–H groups in total. The first-order chi connectivity index (χ1) is 27.7. The Hall–Kier alpha value is -6.72. The van der Waals surface area contributed by atoms with Crippen LogP contribution in [0.4, 0.5) is 0 Å². The zero-order chi connectivity index (χ0) is 37.0. The Kier molecular flexibility index (Phi) is 7.90. The van der Waals surface area contributed by atoms with E-state index in [2.05, 4.69) is 188 Å². The summed E-state index contributed by atoms with van der Waals surface area (Å²) in [5.74, 6) is 0.701. The molecule has 0 fully saturated rings. The van der Waals surface area contributed by atoms with Gasteiger partial charge in [0.15, 0.2) is 5.82 Å².